The standard InChI is InChI=1S/C12H14BrN5OS/c1-2-7-9(13)10(17-16-7)11(19)15-12-14-8(18-20-12)5-6-3-4-6/h6H,2-5H2,1H3,(H,16,17)(H,14,15,18,19). The van der Waals surface area contributed by atoms with Gasteiger partial charge < -0.3 is 0 Å². The Hall–Kier alpha value is -1.28. The van der Waals surface area contributed by atoms with Crippen LogP contribution in [0.1, 0.15) is 41.8 Å². The van der Waals surface area contributed by atoms with E-state index in [1.165, 1.54) is 24.4 Å². The number of rotatable bonds is 5. The predicted octanol–water partition coefficient (Wildman–Crippen LogP) is 2.79. The Kier molecular flexibility index (Phi) is 3.84. The number of anilines is 1. The van der Waals surface area contributed by atoms with Crippen LogP contribution in [0.3, 0.4) is 0 Å². The van der Waals surface area contributed by atoms with E-state index < -0.39 is 0 Å². The van der Waals surface area contributed by atoms with Gasteiger partial charge in [-0.2, -0.15) is 9.47 Å². The minimum Gasteiger partial charge on any atom is -0.295 e. The Morgan fingerprint density at radius 3 is 3.00 bits per heavy atom. The SMILES string of the molecule is CCc1[nH]nc(C(=O)Nc2nc(CC3CC3)ns2)c1Br. The monoisotopic (exact) mass is 355 g/mol. The van der Waals surface area contributed by atoms with E-state index in [0.29, 0.717) is 15.3 Å². The number of aromatic amines is 1. The van der Waals surface area contributed by atoms with E-state index in [1.54, 1.807) is 0 Å². The van der Waals surface area contributed by atoms with Gasteiger partial charge >= 0.3 is 0 Å². The Morgan fingerprint density at radius 2 is 2.35 bits per heavy atom. The molecule has 0 bridgehead atoms. The van der Waals surface area contributed by atoms with Gasteiger partial charge in [-0.25, -0.2) is 4.98 Å². The number of amides is 1. The maximum atomic E-state index is 12.1. The Morgan fingerprint density at radius 1 is 1.55 bits per heavy atom. The van der Waals surface area contributed by atoms with Crippen molar-refractivity contribution in [3.8, 4) is 0 Å². The fourth-order valence-corrected chi connectivity index (χ4v) is 3.10. The van der Waals surface area contributed by atoms with Crippen LogP contribution in [-0.2, 0) is 12.8 Å². The van der Waals surface area contributed by atoms with Gasteiger partial charge in [0.15, 0.2) is 5.69 Å². The molecule has 2 heterocycles. The lowest BCUT2D eigenvalue weighted by molar-refractivity contribution is 0.102. The van der Waals surface area contributed by atoms with Crippen LogP contribution < -0.4 is 5.32 Å². The molecule has 0 unspecified atom stereocenters. The number of hydrogen-bond donors (Lipinski definition) is 2. The zero-order valence-corrected chi connectivity index (χ0v) is 13.3. The molecular weight excluding hydrogens is 342 g/mol. The lowest BCUT2D eigenvalue weighted by atomic mass is 10.3. The highest BCUT2D eigenvalue weighted by Crippen LogP contribution is 2.32. The van der Waals surface area contributed by atoms with Gasteiger partial charge in [-0.3, -0.25) is 15.2 Å². The minimum atomic E-state index is -0.276. The molecule has 106 valence electrons. The third-order valence-corrected chi connectivity index (χ3v) is 4.72. The third kappa shape index (κ3) is 2.90. The molecule has 2 aromatic heterocycles. The number of carbonyl (C=O) groups is 1. The quantitative estimate of drug-likeness (QED) is 0.863. The maximum Gasteiger partial charge on any atom is 0.279 e. The second kappa shape index (κ2) is 5.61. The van der Waals surface area contributed by atoms with Crippen LogP contribution >= 0.6 is 27.5 Å². The number of halogens is 1. The molecule has 1 aliphatic rings. The Labute approximate surface area is 128 Å². The van der Waals surface area contributed by atoms with Crippen LogP contribution in [0.15, 0.2) is 4.47 Å². The number of aromatic nitrogens is 4. The lowest BCUT2D eigenvalue weighted by Crippen LogP contribution is -2.13. The van der Waals surface area contributed by atoms with E-state index in [1.807, 2.05) is 6.92 Å². The Bertz CT molecular complexity index is 634. The van der Waals surface area contributed by atoms with Gasteiger partial charge in [0.2, 0.25) is 5.13 Å². The lowest BCUT2D eigenvalue weighted by Gasteiger charge is -1.98. The molecule has 0 saturated heterocycles. The normalized spacial score (nSPS) is 14.5. The van der Waals surface area contributed by atoms with Gasteiger partial charge in [-0.1, -0.05) is 6.92 Å². The van der Waals surface area contributed by atoms with E-state index in [-0.39, 0.29) is 5.91 Å². The Balaban J connectivity index is 1.68. The van der Waals surface area contributed by atoms with Crippen LogP contribution in [0.25, 0.3) is 0 Å². The summed E-state index contributed by atoms with van der Waals surface area (Å²) in [5.74, 6) is 1.28. The van der Waals surface area contributed by atoms with Crippen molar-refractivity contribution in [2.75, 3.05) is 5.32 Å². The first-order chi connectivity index (χ1) is 9.67. The van der Waals surface area contributed by atoms with E-state index in [0.717, 1.165) is 30.3 Å². The molecule has 2 aromatic rings. The van der Waals surface area contributed by atoms with E-state index in [9.17, 15) is 4.79 Å². The first kappa shape index (κ1) is 13.7. The fraction of sp³-hybridized carbons (Fsp3) is 0.500. The van der Waals surface area contributed by atoms with Crippen LogP contribution in [0.2, 0.25) is 0 Å². The predicted molar refractivity (Wildman–Crippen MR) is 80.0 cm³/mol. The van der Waals surface area contributed by atoms with E-state index in [4.69, 9.17) is 0 Å². The summed E-state index contributed by atoms with van der Waals surface area (Å²) in [6.07, 6.45) is 4.23. The highest BCUT2D eigenvalue weighted by Gasteiger charge is 2.24. The zero-order chi connectivity index (χ0) is 14.1. The van der Waals surface area contributed by atoms with Crippen molar-refractivity contribution in [1.82, 2.24) is 19.6 Å². The summed E-state index contributed by atoms with van der Waals surface area (Å²) in [4.78, 5) is 16.5. The summed E-state index contributed by atoms with van der Waals surface area (Å²) >= 11 is 4.60. The first-order valence-corrected chi connectivity index (χ1v) is 8.10. The average molecular weight is 356 g/mol. The van der Waals surface area contributed by atoms with Crippen molar-refractivity contribution in [2.24, 2.45) is 5.92 Å². The van der Waals surface area contributed by atoms with Gasteiger partial charge in [0, 0.05) is 23.6 Å². The van der Waals surface area contributed by atoms with Crippen molar-refractivity contribution in [2.45, 2.75) is 32.6 Å². The molecule has 2 N–H and O–H groups in total. The van der Waals surface area contributed by atoms with Crippen molar-refractivity contribution in [3.05, 3.63) is 21.7 Å². The number of hydrogen-bond acceptors (Lipinski definition) is 5. The van der Waals surface area contributed by atoms with Crippen molar-refractivity contribution in [3.63, 3.8) is 0 Å². The van der Waals surface area contributed by atoms with E-state index >= 15 is 0 Å². The molecule has 0 radical (unpaired) electrons. The summed E-state index contributed by atoms with van der Waals surface area (Å²) in [6.45, 7) is 1.99. The number of H-pyrrole nitrogens is 1. The minimum absolute atomic E-state index is 0.276. The molecule has 0 atom stereocenters. The summed E-state index contributed by atoms with van der Waals surface area (Å²) < 4.78 is 4.97. The van der Waals surface area contributed by atoms with Crippen molar-refractivity contribution < 1.29 is 4.79 Å². The first-order valence-electron chi connectivity index (χ1n) is 6.54. The fourth-order valence-electron chi connectivity index (χ4n) is 1.87. The second-order valence-corrected chi connectivity index (χ2v) is 6.38. The van der Waals surface area contributed by atoms with Crippen molar-refractivity contribution >= 4 is 38.5 Å². The molecule has 8 heteroatoms. The van der Waals surface area contributed by atoms with Gasteiger partial charge in [0.1, 0.15) is 5.82 Å². The smallest absolute Gasteiger partial charge is 0.279 e. The third-order valence-electron chi connectivity index (χ3n) is 3.20. The molecular formula is C12H14BrN5OS. The van der Waals surface area contributed by atoms with Crippen LogP contribution in [0, 0.1) is 5.92 Å². The molecule has 3 rings (SSSR count). The highest BCUT2D eigenvalue weighted by atomic mass is 79.9. The highest BCUT2D eigenvalue weighted by molar-refractivity contribution is 9.10. The number of nitrogens with zero attached hydrogens (tertiary/aromatic N) is 3. The molecule has 0 aliphatic heterocycles. The average Bonchev–Trinajstić information content (AvgIpc) is 2.99. The van der Waals surface area contributed by atoms with Gasteiger partial charge in [-0.15, -0.1) is 0 Å². The molecule has 1 aliphatic carbocycles. The molecule has 1 fully saturated rings. The van der Waals surface area contributed by atoms with E-state index in [2.05, 4.69) is 40.8 Å². The zero-order valence-electron chi connectivity index (χ0n) is 10.9. The number of carbonyl (C=O) groups excluding carboxylic acids is 1. The number of nitrogens with one attached hydrogen (secondary N) is 2. The topological polar surface area (TPSA) is 83.6 Å². The maximum absolute atomic E-state index is 12.1. The summed E-state index contributed by atoms with van der Waals surface area (Å²) in [5.41, 5.74) is 1.25. The summed E-state index contributed by atoms with van der Waals surface area (Å²) in [6, 6.07) is 0. The van der Waals surface area contributed by atoms with Gasteiger partial charge in [-0.05, 0) is 41.1 Å². The molecule has 0 aromatic carbocycles. The summed E-state index contributed by atoms with van der Waals surface area (Å²) in [5, 5.41) is 10.1. The largest absolute Gasteiger partial charge is 0.295 e. The van der Waals surface area contributed by atoms with Crippen LogP contribution in [0.4, 0.5) is 5.13 Å². The van der Waals surface area contributed by atoms with Crippen molar-refractivity contribution in [1.29, 1.82) is 0 Å². The van der Waals surface area contributed by atoms with Gasteiger partial charge in [0.05, 0.1) is 4.47 Å². The molecule has 1 amide bonds. The van der Waals surface area contributed by atoms with Crippen LogP contribution in [0.5, 0.6) is 0 Å². The molecule has 20 heavy (non-hydrogen) atoms. The van der Waals surface area contributed by atoms with Gasteiger partial charge in [0.25, 0.3) is 5.91 Å². The summed E-state index contributed by atoms with van der Waals surface area (Å²) in [7, 11) is 0. The molecule has 1 saturated carbocycles. The number of aryl methyl sites for hydroxylation is 1. The molecule has 0 spiro atoms. The second-order valence-electron chi connectivity index (χ2n) is 4.84. The van der Waals surface area contributed by atoms with Crippen LogP contribution in [-0.4, -0.2) is 25.5 Å². The molecule has 6 nitrogen and oxygen atoms in total.